The predicted molar refractivity (Wildman–Crippen MR) is 97.6 cm³/mol. The van der Waals surface area contributed by atoms with E-state index in [-0.39, 0.29) is 18.4 Å². The normalized spacial score (nSPS) is 13.3. The summed E-state index contributed by atoms with van der Waals surface area (Å²) in [5, 5.41) is 7.18. The number of hydrogen-bond donors (Lipinski definition) is 1. The zero-order valence-corrected chi connectivity index (χ0v) is 14.4. The molecule has 0 aliphatic carbocycles. The number of nitrogens with one attached hydrogen (secondary N) is 1. The number of amides is 2. The van der Waals surface area contributed by atoms with Gasteiger partial charge in [-0.15, -0.1) is 0 Å². The van der Waals surface area contributed by atoms with Crippen LogP contribution < -0.4 is 10.2 Å². The molecule has 26 heavy (non-hydrogen) atoms. The Morgan fingerprint density at radius 3 is 2.69 bits per heavy atom. The van der Waals surface area contributed by atoms with Gasteiger partial charge in [-0.25, -0.2) is 4.68 Å². The zero-order chi connectivity index (χ0) is 18.3. The summed E-state index contributed by atoms with van der Waals surface area (Å²) in [7, 11) is 0. The van der Waals surface area contributed by atoms with E-state index >= 15 is 0 Å². The summed E-state index contributed by atoms with van der Waals surface area (Å²) >= 11 is 0. The average Bonchev–Trinajstić information content (AvgIpc) is 3.03. The van der Waals surface area contributed by atoms with Crippen LogP contribution >= 0.6 is 0 Å². The minimum absolute atomic E-state index is 0.0493. The van der Waals surface area contributed by atoms with Gasteiger partial charge in [0.15, 0.2) is 5.69 Å². The number of pyridine rings is 1. The molecule has 0 atom stereocenters. The molecule has 2 aromatic heterocycles. The Morgan fingerprint density at radius 1 is 1.15 bits per heavy atom. The number of aryl methyl sites for hydroxylation is 2. The Bertz CT molecular complexity index is 1010. The van der Waals surface area contributed by atoms with Crippen LogP contribution in [0.5, 0.6) is 0 Å². The molecule has 0 bridgehead atoms. The summed E-state index contributed by atoms with van der Waals surface area (Å²) in [4.78, 5) is 30.4. The second-order valence-corrected chi connectivity index (χ2v) is 6.25. The summed E-state index contributed by atoms with van der Waals surface area (Å²) in [5.74, 6) is -0.574. The summed E-state index contributed by atoms with van der Waals surface area (Å²) in [6, 6.07) is 11.3. The Morgan fingerprint density at radius 2 is 1.92 bits per heavy atom. The van der Waals surface area contributed by atoms with E-state index in [1.165, 1.54) is 11.1 Å². The van der Waals surface area contributed by atoms with E-state index in [2.05, 4.69) is 15.4 Å². The van der Waals surface area contributed by atoms with Crippen LogP contribution in [0.15, 0.2) is 48.8 Å². The van der Waals surface area contributed by atoms with Crippen LogP contribution in [0.4, 0.5) is 11.4 Å². The van der Waals surface area contributed by atoms with Crippen molar-refractivity contribution >= 4 is 23.2 Å². The van der Waals surface area contributed by atoms with E-state index in [1.807, 2.05) is 38.1 Å². The van der Waals surface area contributed by atoms with Crippen molar-refractivity contribution < 1.29 is 9.59 Å². The highest BCUT2D eigenvalue weighted by Crippen LogP contribution is 2.29. The van der Waals surface area contributed by atoms with Crippen molar-refractivity contribution in [3.63, 3.8) is 0 Å². The molecular formula is C19H17N5O2. The van der Waals surface area contributed by atoms with Crippen molar-refractivity contribution in [1.29, 1.82) is 0 Å². The summed E-state index contributed by atoms with van der Waals surface area (Å²) in [5.41, 5.74) is 4.31. The second-order valence-electron chi connectivity index (χ2n) is 6.25. The van der Waals surface area contributed by atoms with E-state index in [9.17, 15) is 9.59 Å². The highest BCUT2D eigenvalue weighted by molar-refractivity contribution is 6.14. The maximum Gasteiger partial charge on any atom is 0.279 e. The molecule has 0 radical (unpaired) electrons. The van der Waals surface area contributed by atoms with Gasteiger partial charge in [-0.2, -0.15) is 5.10 Å². The van der Waals surface area contributed by atoms with Crippen LogP contribution in [0.1, 0.15) is 21.7 Å². The zero-order valence-electron chi connectivity index (χ0n) is 14.4. The van der Waals surface area contributed by atoms with Crippen molar-refractivity contribution in [2.75, 3.05) is 16.8 Å². The maximum absolute atomic E-state index is 13.0. The van der Waals surface area contributed by atoms with Crippen LogP contribution in [-0.2, 0) is 4.79 Å². The molecule has 1 aliphatic rings. The van der Waals surface area contributed by atoms with Gasteiger partial charge >= 0.3 is 0 Å². The predicted octanol–water partition coefficient (Wildman–Crippen LogP) is 2.48. The van der Waals surface area contributed by atoms with Crippen LogP contribution in [0.2, 0.25) is 0 Å². The SMILES string of the molecule is Cc1ccc(-n2nc(C(=O)N3CC(=O)Nc4cnccc43)cc2C)cc1. The topological polar surface area (TPSA) is 80.1 Å². The van der Waals surface area contributed by atoms with Gasteiger partial charge in [0.25, 0.3) is 5.91 Å². The maximum atomic E-state index is 13.0. The molecule has 7 heteroatoms. The van der Waals surface area contributed by atoms with Crippen molar-refractivity contribution in [2.24, 2.45) is 0 Å². The molecule has 3 heterocycles. The third-order valence-electron chi connectivity index (χ3n) is 4.29. The molecule has 0 saturated carbocycles. The molecule has 130 valence electrons. The molecule has 1 N–H and O–H groups in total. The minimum atomic E-state index is -0.318. The number of hydrogen-bond acceptors (Lipinski definition) is 4. The molecule has 0 fully saturated rings. The van der Waals surface area contributed by atoms with Crippen molar-refractivity contribution in [3.05, 3.63) is 65.7 Å². The fraction of sp³-hybridized carbons (Fsp3) is 0.158. The lowest BCUT2D eigenvalue weighted by molar-refractivity contribution is -0.115. The van der Waals surface area contributed by atoms with Crippen LogP contribution in [0.3, 0.4) is 0 Å². The number of carbonyl (C=O) groups excluding carboxylic acids is 2. The molecular weight excluding hydrogens is 330 g/mol. The van der Waals surface area contributed by atoms with E-state index in [0.29, 0.717) is 17.1 Å². The standard InChI is InChI=1S/C19H17N5O2/c1-12-3-5-14(6-4-12)24-13(2)9-15(22-24)19(26)23-11-18(25)21-16-10-20-8-7-17(16)23/h3-10H,11H2,1-2H3,(H,21,25). The monoisotopic (exact) mass is 347 g/mol. The number of aromatic nitrogens is 3. The van der Waals surface area contributed by atoms with E-state index < -0.39 is 0 Å². The van der Waals surface area contributed by atoms with Gasteiger partial charge < -0.3 is 5.32 Å². The molecule has 1 aromatic carbocycles. The highest BCUT2D eigenvalue weighted by Gasteiger charge is 2.29. The first kappa shape index (κ1) is 16.0. The number of nitrogens with zero attached hydrogens (tertiary/aromatic N) is 4. The van der Waals surface area contributed by atoms with Gasteiger partial charge in [0.05, 0.1) is 23.3 Å². The first-order chi connectivity index (χ1) is 12.5. The fourth-order valence-electron chi connectivity index (χ4n) is 2.98. The van der Waals surface area contributed by atoms with Crippen molar-refractivity contribution in [3.8, 4) is 5.69 Å². The Kier molecular flexibility index (Phi) is 3.76. The lowest BCUT2D eigenvalue weighted by atomic mass is 10.2. The van der Waals surface area contributed by atoms with Crippen molar-refractivity contribution in [2.45, 2.75) is 13.8 Å². The summed E-state index contributed by atoms with van der Waals surface area (Å²) in [6.45, 7) is 3.86. The molecule has 7 nitrogen and oxygen atoms in total. The number of anilines is 2. The van der Waals surface area contributed by atoms with E-state index in [1.54, 1.807) is 23.0 Å². The highest BCUT2D eigenvalue weighted by atomic mass is 16.2. The molecule has 2 amide bonds. The molecule has 1 aliphatic heterocycles. The summed E-state index contributed by atoms with van der Waals surface area (Å²) < 4.78 is 1.73. The van der Waals surface area contributed by atoms with Gasteiger partial charge in [-0.3, -0.25) is 19.5 Å². The van der Waals surface area contributed by atoms with Gasteiger partial charge in [0, 0.05) is 11.9 Å². The largest absolute Gasteiger partial charge is 0.321 e. The average molecular weight is 347 g/mol. The Labute approximate surface area is 150 Å². The van der Waals surface area contributed by atoms with E-state index in [4.69, 9.17) is 0 Å². The lowest BCUT2D eigenvalue weighted by Crippen LogP contribution is -2.42. The van der Waals surface area contributed by atoms with Gasteiger partial charge in [-0.1, -0.05) is 17.7 Å². The smallest absolute Gasteiger partial charge is 0.279 e. The quantitative estimate of drug-likeness (QED) is 0.772. The van der Waals surface area contributed by atoms with Gasteiger partial charge in [0.1, 0.15) is 6.54 Å². The molecule has 0 unspecified atom stereocenters. The Balaban J connectivity index is 1.71. The third-order valence-corrected chi connectivity index (χ3v) is 4.29. The fourth-order valence-corrected chi connectivity index (χ4v) is 2.98. The van der Waals surface area contributed by atoms with Gasteiger partial charge in [-0.05, 0) is 38.1 Å². The van der Waals surface area contributed by atoms with Crippen LogP contribution in [0, 0.1) is 13.8 Å². The summed E-state index contributed by atoms with van der Waals surface area (Å²) in [6.07, 6.45) is 3.12. The van der Waals surface area contributed by atoms with Crippen LogP contribution in [0.25, 0.3) is 5.69 Å². The number of carbonyl (C=O) groups is 2. The van der Waals surface area contributed by atoms with Gasteiger partial charge in [0.2, 0.25) is 5.91 Å². The molecule has 0 spiro atoms. The molecule has 4 rings (SSSR count). The second kappa shape index (κ2) is 6.11. The molecule has 3 aromatic rings. The first-order valence-electron chi connectivity index (χ1n) is 8.22. The third kappa shape index (κ3) is 2.73. The van der Waals surface area contributed by atoms with E-state index in [0.717, 1.165) is 16.9 Å². The minimum Gasteiger partial charge on any atom is -0.321 e. The number of fused-ring (bicyclic) bond motifs is 1. The number of benzene rings is 1. The molecule has 0 saturated heterocycles. The van der Waals surface area contributed by atoms with Crippen LogP contribution in [-0.4, -0.2) is 33.1 Å². The first-order valence-corrected chi connectivity index (χ1v) is 8.22. The lowest BCUT2D eigenvalue weighted by Gasteiger charge is -2.28. The van der Waals surface area contributed by atoms with Crippen molar-refractivity contribution in [1.82, 2.24) is 14.8 Å². The Hall–Kier alpha value is -3.48. The number of rotatable bonds is 2.